The SMILES string of the molecule is Cc1ccc(OC(=O)c2ccc(C3CCC(S)CC3)cc2)cc1. The Labute approximate surface area is 143 Å². The quantitative estimate of drug-likeness (QED) is 0.478. The minimum absolute atomic E-state index is 0.306. The van der Waals surface area contributed by atoms with Gasteiger partial charge in [0.25, 0.3) is 0 Å². The van der Waals surface area contributed by atoms with Gasteiger partial charge in [0.15, 0.2) is 0 Å². The molecule has 3 rings (SSSR count). The summed E-state index contributed by atoms with van der Waals surface area (Å²) >= 11 is 4.55. The van der Waals surface area contributed by atoms with Gasteiger partial charge in [-0.15, -0.1) is 0 Å². The molecule has 0 aliphatic heterocycles. The van der Waals surface area contributed by atoms with E-state index in [9.17, 15) is 4.79 Å². The fraction of sp³-hybridized carbons (Fsp3) is 0.350. The number of carbonyl (C=O) groups excluding carboxylic acids is 1. The Kier molecular flexibility index (Phi) is 5.06. The molecular weight excluding hydrogens is 304 g/mol. The number of hydrogen-bond donors (Lipinski definition) is 1. The minimum atomic E-state index is -0.306. The van der Waals surface area contributed by atoms with Gasteiger partial charge in [0.2, 0.25) is 0 Å². The van der Waals surface area contributed by atoms with Crippen molar-refractivity contribution in [2.75, 3.05) is 0 Å². The highest BCUT2D eigenvalue weighted by Crippen LogP contribution is 2.34. The topological polar surface area (TPSA) is 26.3 Å². The highest BCUT2D eigenvalue weighted by Gasteiger charge is 2.20. The van der Waals surface area contributed by atoms with E-state index in [1.54, 1.807) is 0 Å². The van der Waals surface area contributed by atoms with Crippen LogP contribution in [0.1, 0.15) is 53.1 Å². The van der Waals surface area contributed by atoms with E-state index in [0.717, 1.165) is 5.56 Å². The molecule has 23 heavy (non-hydrogen) atoms. The van der Waals surface area contributed by atoms with Crippen LogP contribution in [0, 0.1) is 6.92 Å². The number of rotatable bonds is 3. The lowest BCUT2D eigenvalue weighted by molar-refractivity contribution is 0.0734. The number of esters is 1. The average molecular weight is 326 g/mol. The predicted molar refractivity (Wildman–Crippen MR) is 96.6 cm³/mol. The highest BCUT2D eigenvalue weighted by atomic mass is 32.1. The molecule has 0 radical (unpaired) electrons. The second kappa shape index (κ2) is 7.22. The lowest BCUT2D eigenvalue weighted by Gasteiger charge is -2.26. The van der Waals surface area contributed by atoms with Crippen molar-refractivity contribution in [2.45, 2.75) is 43.8 Å². The number of thiol groups is 1. The first-order valence-corrected chi connectivity index (χ1v) is 8.70. The van der Waals surface area contributed by atoms with E-state index >= 15 is 0 Å². The molecule has 2 nitrogen and oxygen atoms in total. The molecule has 0 bridgehead atoms. The zero-order valence-electron chi connectivity index (χ0n) is 13.4. The molecule has 0 saturated heterocycles. The van der Waals surface area contributed by atoms with Crippen LogP contribution < -0.4 is 4.74 Å². The Hall–Kier alpha value is -1.74. The van der Waals surface area contributed by atoms with Crippen molar-refractivity contribution in [3.63, 3.8) is 0 Å². The Bertz CT molecular complexity index is 653. The maximum atomic E-state index is 12.2. The Morgan fingerprint density at radius 1 is 0.957 bits per heavy atom. The third-order valence-corrected chi connectivity index (χ3v) is 5.06. The summed E-state index contributed by atoms with van der Waals surface area (Å²) < 4.78 is 5.41. The number of aryl methyl sites for hydroxylation is 1. The molecule has 0 amide bonds. The van der Waals surface area contributed by atoms with Crippen LogP contribution in [0.4, 0.5) is 0 Å². The third kappa shape index (κ3) is 4.17. The summed E-state index contributed by atoms with van der Waals surface area (Å²) in [5.74, 6) is 0.872. The minimum Gasteiger partial charge on any atom is -0.423 e. The molecule has 0 atom stereocenters. The molecule has 0 heterocycles. The first-order chi connectivity index (χ1) is 11.1. The molecule has 120 valence electrons. The van der Waals surface area contributed by atoms with Crippen molar-refractivity contribution in [1.29, 1.82) is 0 Å². The summed E-state index contributed by atoms with van der Waals surface area (Å²) in [6.45, 7) is 2.01. The highest BCUT2D eigenvalue weighted by molar-refractivity contribution is 7.80. The van der Waals surface area contributed by atoms with E-state index < -0.39 is 0 Å². The molecule has 0 spiro atoms. The summed E-state index contributed by atoms with van der Waals surface area (Å²) in [6.07, 6.45) is 4.71. The van der Waals surface area contributed by atoms with Gasteiger partial charge in [-0.05, 0) is 68.4 Å². The van der Waals surface area contributed by atoms with Crippen LogP contribution in [0.3, 0.4) is 0 Å². The molecule has 1 saturated carbocycles. The summed E-state index contributed by atoms with van der Waals surface area (Å²) in [4.78, 5) is 12.2. The average Bonchev–Trinajstić information content (AvgIpc) is 2.58. The predicted octanol–water partition coefficient (Wildman–Crippen LogP) is 5.17. The molecule has 3 heteroatoms. The van der Waals surface area contributed by atoms with Crippen molar-refractivity contribution in [3.8, 4) is 5.75 Å². The molecular formula is C20H22O2S. The van der Waals surface area contributed by atoms with Crippen LogP contribution in [-0.4, -0.2) is 11.2 Å². The second-order valence-electron chi connectivity index (χ2n) is 6.33. The summed E-state index contributed by atoms with van der Waals surface area (Å²) in [5.41, 5.74) is 3.06. The normalized spacial score (nSPS) is 21.0. The molecule has 0 N–H and O–H groups in total. The first kappa shape index (κ1) is 16.1. The van der Waals surface area contributed by atoms with Gasteiger partial charge in [-0.1, -0.05) is 29.8 Å². The Balaban J connectivity index is 1.64. The van der Waals surface area contributed by atoms with E-state index in [-0.39, 0.29) is 5.97 Å². The van der Waals surface area contributed by atoms with Crippen LogP contribution in [-0.2, 0) is 0 Å². The van der Waals surface area contributed by atoms with Gasteiger partial charge >= 0.3 is 5.97 Å². The number of ether oxygens (including phenoxy) is 1. The zero-order valence-corrected chi connectivity index (χ0v) is 14.3. The van der Waals surface area contributed by atoms with Crippen LogP contribution in [0.5, 0.6) is 5.75 Å². The Morgan fingerprint density at radius 3 is 2.17 bits per heavy atom. The van der Waals surface area contributed by atoms with Gasteiger partial charge in [-0.25, -0.2) is 4.79 Å². The van der Waals surface area contributed by atoms with Crippen molar-refractivity contribution in [1.82, 2.24) is 0 Å². The van der Waals surface area contributed by atoms with E-state index in [1.165, 1.54) is 31.2 Å². The van der Waals surface area contributed by atoms with Gasteiger partial charge in [0.05, 0.1) is 5.56 Å². The van der Waals surface area contributed by atoms with Gasteiger partial charge < -0.3 is 4.74 Å². The van der Waals surface area contributed by atoms with Crippen molar-refractivity contribution in [2.24, 2.45) is 0 Å². The van der Waals surface area contributed by atoms with E-state index in [4.69, 9.17) is 4.74 Å². The third-order valence-electron chi connectivity index (χ3n) is 4.55. The van der Waals surface area contributed by atoms with Gasteiger partial charge in [-0.3, -0.25) is 0 Å². The number of carbonyl (C=O) groups is 1. The molecule has 1 fully saturated rings. The molecule has 0 aromatic heterocycles. The zero-order chi connectivity index (χ0) is 16.2. The van der Waals surface area contributed by atoms with Gasteiger partial charge in [0, 0.05) is 5.25 Å². The maximum Gasteiger partial charge on any atom is 0.343 e. The molecule has 1 aliphatic rings. The van der Waals surface area contributed by atoms with Gasteiger partial charge in [-0.2, -0.15) is 12.6 Å². The standard InChI is InChI=1S/C20H22O2S/c1-14-2-10-18(11-3-14)22-20(21)17-6-4-15(5-7-17)16-8-12-19(23)13-9-16/h2-7,10-11,16,19,23H,8-9,12-13H2,1H3. The summed E-state index contributed by atoms with van der Waals surface area (Å²) in [5, 5.41) is 0.551. The number of benzene rings is 2. The fourth-order valence-electron chi connectivity index (χ4n) is 3.07. The van der Waals surface area contributed by atoms with Crippen molar-refractivity contribution >= 4 is 18.6 Å². The lowest BCUT2D eigenvalue weighted by Crippen LogP contribution is -2.13. The van der Waals surface area contributed by atoms with Crippen LogP contribution in [0.15, 0.2) is 48.5 Å². The second-order valence-corrected chi connectivity index (χ2v) is 7.06. The van der Waals surface area contributed by atoms with Crippen LogP contribution in [0.25, 0.3) is 0 Å². The van der Waals surface area contributed by atoms with Crippen molar-refractivity contribution in [3.05, 3.63) is 65.2 Å². The molecule has 2 aromatic rings. The fourth-order valence-corrected chi connectivity index (χ4v) is 3.37. The van der Waals surface area contributed by atoms with Crippen LogP contribution >= 0.6 is 12.6 Å². The summed E-state index contributed by atoms with van der Waals surface area (Å²) in [6, 6.07) is 15.4. The van der Waals surface area contributed by atoms with Gasteiger partial charge in [0.1, 0.15) is 5.75 Å². The largest absolute Gasteiger partial charge is 0.423 e. The molecule has 2 aromatic carbocycles. The van der Waals surface area contributed by atoms with E-state index in [1.807, 2.05) is 43.3 Å². The summed E-state index contributed by atoms with van der Waals surface area (Å²) in [7, 11) is 0. The molecule has 0 unspecified atom stereocenters. The van der Waals surface area contributed by atoms with Crippen molar-refractivity contribution < 1.29 is 9.53 Å². The van der Waals surface area contributed by atoms with Crippen LogP contribution in [0.2, 0.25) is 0 Å². The maximum absolute atomic E-state index is 12.2. The monoisotopic (exact) mass is 326 g/mol. The Morgan fingerprint density at radius 2 is 1.57 bits per heavy atom. The van der Waals surface area contributed by atoms with E-state index in [0.29, 0.717) is 22.5 Å². The van der Waals surface area contributed by atoms with E-state index in [2.05, 4.69) is 24.8 Å². The molecule has 1 aliphatic carbocycles. The smallest absolute Gasteiger partial charge is 0.343 e. The lowest BCUT2D eigenvalue weighted by atomic mass is 9.83. The first-order valence-electron chi connectivity index (χ1n) is 8.18. The number of hydrogen-bond acceptors (Lipinski definition) is 3.